The molecule has 0 bridgehead atoms. The predicted molar refractivity (Wildman–Crippen MR) is 47.4 cm³/mol. The molecule has 68 valence electrons. The summed E-state index contributed by atoms with van der Waals surface area (Å²) in [5.41, 5.74) is 0.467. The molecule has 2 heterocycles. The summed E-state index contributed by atoms with van der Waals surface area (Å²) in [5.74, 6) is 0.0628. The molecule has 0 spiro atoms. The summed E-state index contributed by atoms with van der Waals surface area (Å²) in [6.07, 6.45) is 5.83. The Labute approximate surface area is 76.6 Å². The molecule has 4 nitrogen and oxygen atoms in total. The number of ketones is 1. The average Bonchev–Trinajstić information content (AvgIpc) is 2.12. The van der Waals surface area contributed by atoms with E-state index in [1.54, 1.807) is 12.4 Å². The molecule has 4 heteroatoms. The molecule has 0 amide bonds. The van der Waals surface area contributed by atoms with Gasteiger partial charge in [-0.1, -0.05) is 0 Å². The maximum absolute atomic E-state index is 11.5. The molecule has 13 heavy (non-hydrogen) atoms. The molecular formula is C9H11N3O. The van der Waals surface area contributed by atoms with E-state index in [0.717, 1.165) is 13.1 Å². The minimum atomic E-state index is 0.0628. The van der Waals surface area contributed by atoms with E-state index in [1.807, 2.05) is 0 Å². The molecular weight excluding hydrogens is 166 g/mol. The lowest BCUT2D eigenvalue weighted by molar-refractivity contribution is 0.0870. The van der Waals surface area contributed by atoms with Crippen molar-refractivity contribution >= 4 is 5.78 Å². The highest BCUT2D eigenvalue weighted by molar-refractivity contribution is 5.95. The number of hydrogen-bond acceptors (Lipinski definition) is 4. The molecule has 0 saturated carbocycles. The van der Waals surface area contributed by atoms with Crippen molar-refractivity contribution in [2.24, 2.45) is 0 Å². The van der Waals surface area contributed by atoms with E-state index < -0.39 is 0 Å². The fourth-order valence-corrected chi connectivity index (χ4v) is 1.27. The first-order valence-corrected chi connectivity index (χ1v) is 4.38. The van der Waals surface area contributed by atoms with Crippen molar-refractivity contribution in [1.29, 1.82) is 0 Å². The molecule has 1 aromatic heterocycles. The zero-order chi connectivity index (χ0) is 9.10. The van der Waals surface area contributed by atoms with Gasteiger partial charge in [0.1, 0.15) is 5.69 Å². The Morgan fingerprint density at radius 2 is 2.31 bits per heavy atom. The highest BCUT2D eigenvalue weighted by Gasteiger charge is 2.18. The van der Waals surface area contributed by atoms with Gasteiger partial charge in [-0.25, -0.2) is 4.98 Å². The number of hydrogen-bond donors (Lipinski definition) is 0. The lowest BCUT2D eigenvalue weighted by atomic mass is 10.2. The molecule has 1 aliphatic heterocycles. The van der Waals surface area contributed by atoms with Crippen LogP contribution in [0.25, 0.3) is 0 Å². The Bertz CT molecular complexity index is 295. The summed E-state index contributed by atoms with van der Waals surface area (Å²) in [6.45, 7) is 2.55. The largest absolute Gasteiger partial charge is 0.296 e. The van der Waals surface area contributed by atoms with E-state index in [-0.39, 0.29) is 5.78 Å². The van der Waals surface area contributed by atoms with Crippen LogP contribution in [-0.2, 0) is 0 Å². The fraction of sp³-hybridized carbons (Fsp3) is 0.444. The molecule has 0 atom stereocenters. The van der Waals surface area contributed by atoms with Gasteiger partial charge in [0.25, 0.3) is 0 Å². The normalized spacial score (nSPS) is 16.6. The minimum absolute atomic E-state index is 0.0628. The smallest absolute Gasteiger partial charge is 0.196 e. The second-order valence-corrected chi connectivity index (χ2v) is 3.14. The van der Waals surface area contributed by atoms with Crippen LogP contribution < -0.4 is 0 Å². The summed E-state index contributed by atoms with van der Waals surface area (Å²) < 4.78 is 0. The van der Waals surface area contributed by atoms with E-state index in [9.17, 15) is 4.79 Å². The SMILES string of the molecule is O=C(CN1CCC1)c1cnccn1. The van der Waals surface area contributed by atoms with Crippen LogP contribution in [0.3, 0.4) is 0 Å². The first kappa shape index (κ1) is 8.31. The van der Waals surface area contributed by atoms with Gasteiger partial charge in [0.05, 0.1) is 12.7 Å². The zero-order valence-corrected chi connectivity index (χ0v) is 7.31. The molecule has 2 rings (SSSR count). The van der Waals surface area contributed by atoms with Crippen LogP contribution in [0, 0.1) is 0 Å². The van der Waals surface area contributed by atoms with Crippen molar-refractivity contribution in [1.82, 2.24) is 14.9 Å². The van der Waals surface area contributed by atoms with Gasteiger partial charge in [0, 0.05) is 12.4 Å². The number of carbonyl (C=O) groups excluding carboxylic acids is 1. The van der Waals surface area contributed by atoms with E-state index in [1.165, 1.54) is 12.6 Å². The Balaban J connectivity index is 1.97. The van der Waals surface area contributed by atoms with Gasteiger partial charge < -0.3 is 0 Å². The maximum Gasteiger partial charge on any atom is 0.196 e. The highest BCUT2D eigenvalue weighted by atomic mass is 16.1. The zero-order valence-electron chi connectivity index (χ0n) is 7.31. The van der Waals surface area contributed by atoms with Crippen molar-refractivity contribution in [2.45, 2.75) is 6.42 Å². The van der Waals surface area contributed by atoms with Crippen LogP contribution in [-0.4, -0.2) is 40.3 Å². The fourth-order valence-electron chi connectivity index (χ4n) is 1.27. The second-order valence-electron chi connectivity index (χ2n) is 3.14. The molecule has 0 unspecified atom stereocenters. The van der Waals surface area contributed by atoms with Gasteiger partial charge >= 0.3 is 0 Å². The van der Waals surface area contributed by atoms with E-state index in [2.05, 4.69) is 14.9 Å². The van der Waals surface area contributed by atoms with Gasteiger partial charge in [-0.2, -0.15) is 0 Å². The second kappa shape index (κ2) is 3.62. The van der Waals surface area contributed by atoms with E-state index >= 15 is 0 Å². The molecule has 1 fully saturated rings. The molecule has 0 radical (unpaired) electrons. The van der Waals surface area contributed by atoms with Crippen LogP contribution in [0.15, 0.2) is 18.6 Å². The van der Waals surface area contributed by atoms with Crippen molar-refractivity contribution in [3.63, 3.8) is 0 Å². The van der Waals surface area contributed by atoms with Crippen molar-refractivity contribution in [3.05, 3.63) is 24.3 Å². The average molecular weight is 177 g/mol. The van der Waals surface area contributed by atoms with E-state index in [0.29, 0.717) is 12.2 Å². The number of carbonyl (C=O) groups is 1. The van der Waals surface area contributed by atoms with Crippen LogP contribution in [0.1, 0.15) is 16.9 Å². The highest BCUT2D eigenvalue weighted by Crippen LogP contribution is 2.06. The standard InChI is InChI=1S/C9H11N3O/c13-9(7-12-4-1-5-12)8-6-10-2-3-11-8/h2-3,6H,1,4-5,7H2. The summed E-state index contributed by atoms with van der Waals surface area (Å²) >= 11 is 0. The first-order chi connectivity index (χ1) is 6.36. The number of nitrogens with zero attached hydrogens (tertiary/aromatic N) is 3. The summed E-state index contributed by atoms with van der Waals surface area (Å²) in [7, 11) is 0. The van der Waals surface area contributed by atoms with Crippen LogP contribution in [0.5, 0.6) is 0 Å². The monoisotopic (exact) mass is 177 g/mol. The predicted octanol–water partition coefficient (Wildman–Crippen LogP) is 0.365. The van der Waals surface area contributed by atoms with Gasteiger partial charge in [0.2, 0.25) is 0 Å². The Kier molecular flexibility index (Phi) is 2.31. The van der Waals surface area contributed by atoms with Gasteiger partial charge in [-0.3, -0.25) is 14.7 Å². The van der Waals surface area contributed by atoms with Crippen molar-refractivity contribution < 1.29 is 4.79 Å². The molecule has 1 saturated heterocycles. The number of rotatable bonds is 3. The summed E-state index contributed by atoms with van der Waals surface area (Å²) in [6, 6.07) is 0. The maximum atomic E-state index is 11.5. The number of Topliss-reactive ketones (excluding diaryl/α,β-unsaturated/α-hetero) is 1. The third-order valence-electron chi connectivity index (χ3n) is 2.16. The Morgan fingerprint density at radius 1 is 1.46 bits per heavy atom. The van der Waals surface area contributed by atoms with Crippen LogP contribution >= 0.6 is 0 Å². The third kappa shape index (κ3) is 1.89. The summed E-state index contributed by atoms with van der Waals surface area (Å²) in [5, 5.41) is 0. The van der Waals surface area contributed by atoms with Crippen molar-refractivity contribution in [3.8, 4) is 0 Å². The Hall–Kier alpha value is -1.29. The van der Waals surface area contributed by atoms with Crippen molar-refractivity contribution in [2.75, 3.05) is 19.6 Å². The van der Waals surface area contributed by atoms with Crippen LogP contribution in [0.4, 0.5) is 0 Å². The Morgan fingerprint density at radius 3 is 2.85 bits per heavy atom. The quantitative estimate of drug-likeness (QED) is 0.625. The molecule has 0 N–H and O–H groups in total. The number of likely N-dealkylation sites (tertiary alicyclic amines) is 1. The summed E-state index contributed by atoms with van der Waals surface area (Å²) in [4.78, 5) is 21.4. The third-order valence-corrected chi connectivity index (χ3v) is 2.16. The lowest BCUT2D eigenvalue weighted by Crippen LogP contribution is -2.40. The first-order valence-electron chi connectivity index (χ1n) is 4.38. The van der Waals surface area contributed by atoms with Crippen LogP contribution in [0.2, 0.25) is 0 Å². The van der Waals surface area contributed by atoms with Gasteiger partial charge in [0.15, 0.2) is 5.78 Å². The minimum Gasteiger partial charge on any atom is -0.296 e. The van der Waals surface area contributed by atoms with E-state index in [4.69, 9.17) is 0 Å². The topological polar surface area (TPSA) is 46.1 Å². The molecule has 1 aromatic rings. The van der Waals surface area contributed by atoms with Gasteiger partial charge in [-0.05, 0) is 19.5 Å². The molecule has 1 aliphatic rings. The molecule has 0 aromatic carbocycles. The lowest BCUT2D eigenvalue weighted by Gasteiger charge is -2.29. The number of aromatic nitrogens is 2. The molecule has 0 aliphatic carbocycles. The van der Waals surface area contributed by atoms with Gasteiger partial charge in [-0.15, -0.1) is 0 Å².